The zero-order valence-corrected chi connectivity index (χ0v) is 10.1. The van der Waals surface area contributed by atoms with Crippen LogP contribution in [0, 0.1) is 0 Å². The van der Waals surface area contributed by atoms with Gasteiger partial charge in [0.15, 0.2) is 0 Å². The standard InChI is InChI=1S/C15H23N/c16-15(11-7-2-1-3-8-12-15)13-14-9-5-4-6-10-14/h4-6,9-10H,1-3,7-8,11-13,16H2. The van der Waals surface area contributed by atoms with Crippen LogP contribution in [0.5, 0.6) is 0 Å². The van der Waals surface area contributed by atoms with E-state index in [2.05, 4.69) is 30.3 Å². The molecule has 1 saturated carbocycles. The van der Waals surface area contributed by atoms with Crippen LogP contribution in [0.15, 0.2) is 30.3 Å². The third-order valence-corrected chi connectivity index (χ3v) is 3.75. The number of hydrogen-bond donors (Lipinski definition) is 1. The molecular formula is C15H23N. The lowest BCUT2D eigenvalue weighted by molar-refractivity contribution is 0.314. The lowest BCUT2D eigenvalue weighted by Crippen LogP contribution is -2.42. The Morgan fingerprint density at radius 3 is 2.06 bits per heavy atom. The first-order chi connectivity index (χ1) is 7.79. The molecule has 2 N–H and O–H groups in total. The SMILES string of the molecule is NC1(Cc2ccccc2)CCCCCCC1. The van der Waals surface area contributed by atoms with E-state index in [4.69, 9.17) is 5.73 Å². The van der Waals surface area contributed by atoms with Crippen molar-refractivity contribution in [2.24, 2.45) is 5.73 Å². The molecule has 1 aromatic carbocycles. The summed E-state index contributed by atoms with van der Waals surface area (Å²) in [5.74, 6) is 0. The molecule has 0 heterocycles. The van der Waals surface area contributed by atoms with E-state index in [9.17, 15) is 0 Å². The highest BCUT2D eigenvalue weighted by Crippen LogP contribution is 2.27. The van der Waals surface area contributed by atoms with Crippen LogP contribution in [0.4, 0.5) is 0 Å². The molecule has 0 spiro atoms. The summed E-state index contributed by atoms with van der Waals surface area (Å²) in [5, 5.41) is 0. The van der Waals surface area contributed by atoms with Crippen molar-refractivity contribution in [2.45, 2.75) is 56.9 Å². The molecule has 16 heavy (non-hydrogen) atoms. The Kier molecular flexibility index (Phi) is 4.00. The predicted molar refractivity (Wildman–Crippen MR) is 69.4 cm³/mol. The Morgan fingerprint density at radius 2 is 1.44 bits per heavy atom. The van der Waals surface area contributed by atoms with E-state index < -0.39 is 0 Å². The summed E-state index contributed by atoms with van der Waals surface area (Å²) < 4.78 is 0. The van der Waals surface area contributed by atoms with Crippen molar-refractivity contribution in [3.8, 4) is 0 Å². The summed E-state index contributed by atoms with van der Waals surface area (Å²) in [7, 11) is 0. The molecule has 1 aliphatic carbocycles. The molecule has 2 rings (SSSR count). The van der Waals surface area contributed by atoms with Crippen molar-refractivity contribution in [1.29, 1.82) is 0 Å². The second-order valence-corrected chi connectivity index (χ2v) is 5.29. The molecule has 1 heteroatoms. The van der Waals surface area contributed by atoms with E-state index >= 15 is 0 Å². The molecule has 0 aliphatic heterocycles. The molecule has 0 aromatic heterocycles. The van der Waals surface area contributed by atoms with Gasteiger partial charge in [-0.2, -0.15) is 0 Å². The highest BCUT2D eigenvalue weighted by Gasteiger charge is 2.25. The van der Waals surface area contributed by atoms with Gasteiger partial charge in [0.2, 0.25) is 0 Å². The maximum Gasteiger partial charge on any atom is 0.0195 e. The van der Waals surface area contributed by atoms with Crippen molar-refractivity contribution in [3.63, 3.8) is 0 Å². The van der Waals surface area contributed by atoms with Crippen molar-refractivity contribution in [2.75, 3.05) is 0 Å². The average molecular weight is 217 g/mol. The highest BCUT2D eigenvalue weighted by atomic mass is 14.7. The maximum atomic E-state index is 6.56. The molecule has 0 unspecified atom stereocenters. The third kappa shape index (κ3) is 3.34. The van der Waals surface area contributed by atoms with Gasteiger partial charge in [-0.15, -0.1) is 0 Å². The molecule has 0 bridgehead atoms. The largest absolute Gasteiger partial charge is 0.325 e. The molecule has 0 atom stereocenters. The van der Waals surface area contributed by atoms with Gasteiger partial charge in [0.05, 0.1) is 0 Å². The minimum Gasteiger partial charge on any atom is -0.325 e. The third-order valence-electron chi connectivity index (χ3n) is 3.75. The summed E-state index contributed by atoms with van der Waals surface area (Å²) in [6.07, 6.45) is 10.2. The van der Waals surface area contributed by atoms with Gasteiger partial charge < -0.3 is 5.73 Å². The summed E-state index contributed by atoms with van der Waals surface area (Å²) in [6.45, 7) is 0. The predicted octanol–water partition coefficient (Wildman–Crippen LogP) is 3.67. The van der Waals surface area contributed by atoms with Gasteiger partial charge in [-0.25, -0.2) is 0 Å². The lowest BCUT2D eigenvalue weighted by Gasteiger charge is -2.31. The quantitative estimate of drug-likeness (QED) is 0.803. The molecule has 1 fully saturated rings. The van der Waals surface area contributed by atoms with Gasteiger partial charge in [-0.05, 0) is 24.8 Å². The summed E-state index contributed by atoms with van der Waals surface area (Å²) in [5.41, 5.74) is 8.01. The number of benzene rings is 1. The minimum absolute atomic E-state index is 0.0573. The fourth-order valence-electron chi connectivity index (χ4n) is 2.79. The van der Waals surface area contributed by atoms with Gasteiger partial charge in [0, 0.05) is 5.54 Å². The first kappa shape index (κ1) is 11.7. The Hall–Kier alpha value is -0.820. The van der Waals surface area contributed by atoms with Crippen molar-refractivity contribution in [1.82, 2.24) is 0 Å². The zero-order valence-electron chi connectivity index (χ0n) is 10.1. The summed E-state index contributed by atoms with van der Waals surface area (Å²) >= 11 is 0. The van der Waals surface area contributed by atoms with Gasteiger partial charge in [0.25, 0.3) is 0 Å². The molecule has 88 valence electrons. The van der Waals surface area contributed by atoms with E-state index in [0.29, 0.717) is 0 Å². The molecule has 1 aromatic rings. The monoisotopic (exact) mass is 217 g/mol. The van der Waals surface area contributed by atoms with E-state index in [-0.39, 0.29) is 5.54 Å². The second kappa shape index (κ2) is 5.49. The Balaban J connectivity index is 1.99. The van der Waals surface area contributed by atoms with Crippen molar-refractivity contribution >= 4 is 0 Å². The van der Waals surface area contributed by atoms with Crippen LogP contribution in [0.25, 0.3) is 0 Å². The van der Waals surface area contributed by atoms with E-state index in [1.807, 2.05) is 0 Å². The van der Waals surface area contributed by atoms with Crippen molar-refractivity contribution < 1.29 is 0 Å². The number of nitrogens with two attached hydrogens (primary N) is 1. The molecule has 0 radical (unpaired) electrons. The first-order valence-corrected chi connectivity index (χ1v) is 6.61. The van der Waals surface area contributed by atoms with Gasteiger partial charge in [-0.1, -0.05) is 62.4 Å². The second-order valence-electron chi connectivity index (χ2n) is 5.29. The molecule has 0 saturated heterocycles. The van der Waals surface area contributed by atoms with Crippen LogP contribution in [-0.2, 0) is 6.42 Å². The van der Waals surface area contributed by atoms with Crippen LogP contribution in [-0.4, -0.2) is 5.54 Å². The fourth-order valence-corrected chi connectivity index (χ4v) is 2.79. The Bertz CT molecular complexity index is 296. The Labute approximate surface area is 99.0 Å². The van der Waals surface area contributed by atoms with E-state index in [1.54, 1.807) is 0 Å². The van der Waals surface area contributed by atoms with Crippen LogP contribution < -0.4 is 5.73 Å². The van der Waals surface area contributed by atoms with Gasteiger partial charge in [-0.3, -0.25) is 0 Å². The Morgan fingerprint density at radius 1 is 0.875 bits per heavy atom. The number of rotatable bonds is 2. The molecule has 1 nitrogen and oxygen atoms in total. The van der Waals surface area contributed by atoms with Crippen LogP contribution in [0.3, 0.4) is 0 Å². The topological polar surface area (TPSA) is 26.0 Å². The zero-order chi connectivity index (χ0) is 11.3. The summed E-state index contributed by atoms with van der Waals surface area (Å²) in [4.78, 5) is 0. The first-order valence-electron chi connectivity index (χ1n) is 6.61. The van der Waals surface area contributed by atoms with E-state index in [0.717, 1.165) is 6.42 Å². The highest BCUT2D eigenvalue weighted by molar-refractivity contribution is 5.17. The lowest BCUT2D eigenvalue weighted by atomic mass is 9.80. The molecule has 1 aliphatic rings. The van der Waals surface area contributed by atoms with Crippen molar-refractivity contribution in [3.05, 3.63) is 35.9 Å². The maximum absolute atomic E-state index is 6.56. The van der Waals surface area contributed by atoms with Gasteiger partial charge >= 0.3 is 0 Å². The smallest absolute Gasteiger partial charge is 0.0195 e. The van der Waals surface area contributed by atoms with Crippen LogP contribution >= 0.6 is 0 Å². The fraction of sp³-hybridized carbons (Fsp3) is 0.600. The minimum atomic E-state index is 0.0573. The van der Waals surface area contributed by atoms with Crippen LogP contribution in [0.2, 0.25) is 0 Å². The normalized spacial score (nSPS) is 21.1. The van der Waals surface area contributed by atoms with E-state index in [1.165, 1.54) is 50.5 Å². The van der Waals surface area contributed by atoms with Gasteiger partial charge in [0.1, 0.15) is 0 Å². The molecular weight excluding hydrogens is 194 g/mol. The number of hydrogen-bond acceptors (Lipinski definition) is 1. The average Bonchev–Trinajstić information content (AvgIpc) is 2.26. The summed E-state index contributed by atoms with van der Waals surface area (Å²) in [6, 6.07) is 10.7. The molecule has 0 amide bonds. The van der Waals surface area contributed by atoms with Crippen LogP contribution in [0.1, 0.15) is 50.5 Å².